The zero-order chi connectivity index (χ0) is 14.7. The number of ether oxygens (including phenoxy) is 1. The van der Waals surface area contributed by atoms with Gasteiger partial charge in [0.2, 0.25) is 0 Å². The number of nitrogens with zero attached hydrogens (tertiary/aromatic N) is 3. The summed E-state index contributed by atoms with van der Waals surface area (Å²) < 4.78 is 29.3. The molecule has 0 fully saturated rings. The molecule has 0 N–H and O–H groups in total. The molecule has 0 aromatic carbocycles. The van der Waals surface area contributed by atoms with Crippen molar-refractivity contribution in [3.05, 3.63) is 11.9 Å². The number of sulfone groups is 1. The van der Waals surface area contributed by atoms with E-state index in [9.17, 15) is 13.2 Å². The zero-order valence-corrected chi connectivity index (χ0v) is 12.4. The Bertz CT molecular complexity index is 548. The standard InChI is InChI=1S/C11H19N3O4S/c1-5-18-10(15)11(3,4)14-7-9(12-13-14)8-19(16,17)6-2/h7H,5-6,8H2,1-4H3. The molecule has 0 bridgehead atoms. The van der Waals surface area contributed by atoms with E-state index in [1.165, 1.54) is 10.9 Å². The second-order valence-electron chi connectivity index (χ2n) is 4.61. The van der Waals surface area contributed by atoms with Crippen molar-refractivity contribution < 1.29 is 17.9 Å². The third-order valence-electron chi connectivity index (χ3n) is 2.70. The number of hydrogen-bond donors (Lipinski definition) is 0. The van der Waals surface area contributed by atoms with Crippen molar-refractivity contribution in [1.29, 1.82) is 0 Å². The average molecular weight is 289 g/mol. The molecule has 0 aliphatic heterocycles. The summed E-state index contributed by atoms with van der Waals surface area (Å²) in [6, 6.07) is 0. The fourth-order valence-electron chi connectivity index (χ4n) is 1.37. The molecule has 0 unspecified atom stereocenters. The van der Waals surface area contributed by atoms with Gasteiger partial charge in [0, 0.05) is 5.75 Å². The maximum absolute atomic E-state index is 11.8. The van der Waals surface area contributed by atoms with Gasteiger partial charge in [-0.05, 0) is 20.8 Å². The van der Waals surface area contributed by atoms with Gasteiger partial charge >= 0.3 is 5.97 Å². The maximum Gasteiger partial charge on any atom is 0.333 e. The lowest BCUT2D eigenvalue weighted by Crippen LogP contribution is -2.38. The Balaban J connectivity index is 2.93. The van der Waals surface area contributed by atoms with E-state index in [-0.39, 0.29) is 18.1 Å². The van der Waals surface area contributed by atoms with Gasteiger partial charge < -0.3 is 4.74 Å². The number of hydrogen-bond acceptors (Lipinski definition) is 6. The van der Waals surface area contributed by atoms with E-state index < -0.39 is 21.3 Å². The molecule has 0 atom stereocenters. The number of esters is 1. The van der Waals surface area contributed by atoms with Gasteiger partial charge in [0.15, 0.2) is 15.4 Å². The predicted octanol–water partition coefficient (Wildman–Crippen LogP) is 0.511. The van der Waals surface area contributed by atoms with Crippen molar-refractivity contribution in [2.75, 3.05) is 12.4 Å². The molecule has 1 rings (SSSR count). The van der Waals surface area contributed by atoms with Crippen molar-refractivity contribution in [3.63, 3.8) is 0 Å². The summed E-state index contributed by atoms with van der Waals surface area (Å²) in [4.78, 5) is 11.8. The Morgan fingerprint density at radius 2 is 2.05 bits per heavy atom. The molecular formula is C11H19N3O4S. The SMILES string of the molecule is CCOC(=O)C(C)(C)n1cc(CS(=O)(=O)CC)nn1. The summed E-state index contributed by atoms with van der Waals surface area (Å²) in [5.74, 6) is -0.575. The predicted molar refractivity (Wildman–Crippen MR) is 69.1 cm³/mol. The Labute approximate surface area is 112 Å². The minimum Gasteiger partial charge on any atom is -0.464 e. The number of carbonyl (C=O) groups is 1. The van der Waals surface area contributed by atoms with Crippen LogP contribution in [-0.4, -0.2) is 41.7 Å². The van der Waals surface area contributed by atoms with Crippen LogP contribution in [-0.2, 0) is 30.7 Å². The molecule has 0 saturated heterocycles. The highest BCUT2D eigenvalue weighted by atomic mass is 32.2. The lowest BCUT2D eigenvalue weighted by atomic mass is 10.1. The highest BCUT2D eigenvalue weighted by Gasteiger charge is 2.33. The molecule has 7 nitrogen and oxygen atoms in total. The molecule has 8 heteroatoms. The fraction of sp³-hybridized carbons (Fsp3) is 0.727. The normalized spacial score (nSPS) is 12.4. The monoisotopic (exact) mass is 289 g/mol. The van der Waals surface area contributed by atoms with Gasteiger partial charge in [-0.25, -0.2) is 17.9 Å². The number of carbonyl (C=O) groups excluding carboxylic acids is 1. The third-order valence-corrected chi connectivity index (χ3v) is 4.31. The lowest BCUT2D eigenvalue weighted by molar-refractivity contribution is -0.152. The van der Waals surface area contributed by atoms with Crippen LogP contribution in [0.25, 0.3) is 0 Å². The molecule has 1 aromatic heterocycles. The van der Waals surface area contributed by atoms with Crippen LogP contribution in [0.1, 0.15) is 33.4 Å². The molecule has 0 saturated carbocycles. The molecule has 0 amide bonds. The van der Waals surface area contributed by atoms with Crippen LogP contribution in [0.3, 0.4) is 0 Å². The minimum absolute atomic E-state index is 0.0428. The van der Waals surface area contributed by atoms with Crippen LogP contribution in [0.5, 0.6) is 0 Å². The van der Waals surface area contributed by atoms with E-state index in [4.69, 9.17) is 4.74 Å². The molecule has 0 radical (unpaired) electrons. The topological polar surface area (TPSA) is 91.2 Å². The largest absolute Gasteiger partial charge is 0.464 e. The van der Waals surface area contributed by atoms with E-state index in [0.29, 0.717) is 5.69 Å². The molecule has 19 heavy (non-hydrogen) atoms. The summed E-state index contributed by atoms with van der Waals surface area (Å²) in [6.45, 7) is 6.83. The maximum atomic E-state index is 11.8. The van der Waals surface area contributed by atoms with E-state index in [0.717, 1.165) is 0 Å². The summed E-state index contributed by atoms with van der Waals surface area (Å²) in [6.07, 6.45) is 1.46. The van der Waals surface area contributed by atoms with E-state index >= 15 is 0 Å². The first-order chi connectivity index (χ1) is 8.73. The first kappa shape index (κ1) is 15.6. The molecular weight excluding hydrogens is 270 g/mol. The van der Waals surface area contributed by atoms with Gasteiger partial charge in [0.1, 0.15) is 0 Å². The smallest absolute Gasteiger partial charge is 0.333 e. The fourth-order valence-corrected chi connectivity index (χ4v) is 2.15. The van der Waals surface area contributed by atoms with Crippen molar-refractivity contribution in [2.45, 2.75) is 39.0 Å². The Kier molecular flexibility index (Phi) is 4.67. The van der Waals surface area contributed by atoms with Gasteiger partial charge in [0.05, 0.1) is 24.3 Å². The van der Waals surface area contributed by atoms with Crippen molar-refractivity contribution in [1.82, 2.24) is 15.0 Å². The van der Waals surface area contributed by atoms with Gasteiger partial charge in [-0.3, -0.25) is 0 Å². The average Bonchev–Trinajstić information content (AvgIpc) is 2.77. The molecule has 108 valence electrons. The van der Waals surface area contributed by atoms with Crippen LogP contribution in [0, 0.1) is 0 Å². The zero-order valence-electron chi connectivity index (χ0n) is 11.6. The molecule has 0 aliphatic rings. The quantitative estimate of drug-likeness (QED) is 0.709. The Morgan fingerprint density at radius 1 is 1.42 bits per heavy atom. The molecule has 0 aliphatic carbocycles. The molecule has 0 spiro atoms. The van der Waals surface area contributed by atoms with Crippen LogP contribution in [0.15, 0.2) is 6.20 Å². The van der Waals surface area contributed by atoms with Gasteiger partial charge in [-0.2, -0.15) is 0 Å². The van der Waals surface area contributed by atoms with E-state index in [1.807, 2.05) is 0 Å². The summed E-state index contributed by atoms with van der Waals surface area (Å²) in [5, 5.41) is 7.60. The first-order valence-electron chi connectivity index (χ1n) is 6.02. The first-order valence-corrected chi connectivity index (χ1v) is 7.84. The van der Waals surface area contributed by atoms with Gasteiger partial charge in [-0.15, -0.1) is 5.10 Å². The highest BCUT2D eigenvalue weighted by molar-refractivity contribution is 7.90. The summed E-state index contributed by atoms with van der Waals surface area (Å²) in [5.41, 5.74) is -0.698. The third kappa shape index (κ3) is 3.76. The Morgan fingerprint density at radius 3 is 2.58 bits per heavy atom. The second kappa shape index (κ2) is 5.68. The minimum atomic E-state index is -3.17. The lowest BCUT2D eigenvalue weighted by Gasteiger charge is -2.21. The van der Waals surface area contributed by atoms with E-state index in [1.54, 1.807) is 27.7 Å². The van der Waals surface area contributed by atoms with Crippen molar-refractivity contribution in [2.24, 2.45) is 0 Å². The van der Waals surface area contributed by atoms with Crippen LogP contribution >= 0.6 is 0 Å². The van der Waals surface area contributed by atoms with Crippen LogP contribution in [0.4, 0.5) is 0 Å². The van der Waals surface area contributed by atoms with Crippen molar-refractivity contribution in [3.8, 4) is 0 Å². The number of aromatic nitrogens is 3. The molecule has 1 aromatic rings. The summed E-state index contributed by atoms with van der Waals surface area (Å²) >= 11 is 0. The Hall–Kier alpha value is -1.44. The van der Waals surface area contributed by atoms with Crippen LogP contribution in [0.2, 0.25) is 0 Å². The van der Waals surface area contributed by atoms with Gasteiger partial charge in [0.25, 0.3) is 0 Å². The van der Waals surface area contributed by atoms with E-state index in [2.05, 4.69) is 10.3 Å². The molecule has 1 heterocycles. The number of rotatable bonds is 6. The highest BCUT2D eigenvalue weighted by Crippen LogP contribution is 2.16. The second-order valence-corrected chi connectivity index (χ2v) is 6.96. The summed E-state index contributed by atoms with van der Waals surface area (Å²) in [7, 11) is -3.17. The van der Waals surface area contributed by atoms with Crippen molar-refractivity contribution >= 4 is 15.8 Å². The van der Waals surface area contributed by atoms with Gasteiger partial charge in [-0.1, -0.05) is 12.1 Å². The van der Waals surface area contributed by atoms with Crippen LogP contribution < -0.4 is 0 Å².